The third-order valence-electron chi connectivity index (χ3n) is 3.87. The van der Waals surface area contributed by atoms with E-state index in [0.717, 1.165) is 18.4 Å². The average Bonchev–Trinajstić information content (AvgIpc) is 2.28. The van der Waals surface area contributed by atoms with Crippen LogP contribution < -0.4 is 5.73 Å². The molecule has 1 aliphatic rings. The topological polar surface area (TPSA) is 46.3 Å². The standard InChI is InChI=1S/C15H22N2O/c1-10-7-8-13(14(16)9-10)15(18)17-11(2)5-4-6-12(17)3/h7-9,11-12H,4-6,16H2,1-3H3/t11-,12+. The van der Waals surface area contributed by atoms with Crippen LogP contribution in [0.15, 0.2) is 18.2 Å². The minimum Gasteiger partial charge on any atom is -0.398 e. The van der Waals surface area contributed by atoms with E-state index in [9.17, 15) is 4.79 Å². The minimum atomic E-state index is 0.0761. The fourth-order valence-corrected chi connectivity index (χ4v) is 2.84. The Morgan fingerprint density at radius 1 is 1.28 bits per heavy atom. The Balaban J connectivity index is 2.29. The number of benzene rings is 1. The molecule has 0 aromatic heterocycles. The largest absolute Gasteiger partial charge is 0.398 e. The normalized spacial score (nSPS) is 24.1. The van der Waals surface area contributed by atoms with Gasteiger partial charge >= 0.3 is 0 Å². The number of likely N-dealkylation sites (tertiary alicyclic amines) is 1. The van der Waals surface area contributed by atoms with Crippen LogP contribution in [0.3, 0.4) is 0 Å². The van der Waals surface area contributed by atoms with Crippen LogP contribution in [0.4, 0.5) is 5.69 Å². The summed E-state index contributed by atoms with van der Waals surface area (Å²) in [6.07, 6.45) is 3.37. The third kappa shape index (κ3) is 2.35. The van der Waals surface area contributed by atoms with Crippen LogP contribution >= 0.6 is 0 Å². The van der Waals surface area contributed by atoms with E-state index in [1.807, 2.05) is 30.0 Å². The van der Waals surface area contributed by atoms with E-state index in [1.54, 1.807) is 0 Å². The molecule has 2 N–H and O–H groups in total. The number of nitrogen functional groups attached to an aromatic ring is 1. The summed E-state index contributed by atoms with van der Waals surface area (Å²) in [4.78, 5) is 14.6. The zero-order valence-corrected chi connectivity index (χ0v) is 11.4. The zero-order valence-electron chi connectivity index (χ0n) is 11.4. The molecule has 1 amide bonds. The molecule has 0 radical (unpaired) electrons. The van der Waals surface area contributed by atoms with E-state index in [0.29, 0.717) is 23.3 Å². The summed E-state index contributed by atoms with van der Waals surface area (Å²) in [7, 11) is 0. The highest BCUT2D eigenvalue weighted by molar-refractivity contribution is 5.99. The fourth-order valence-electron chi connectivity index (χ4n) is 2.84. The van der Waals surface area contributed by atoms with Gasteiger partial charge in [0, 0.05) is 17.8 Å². The molecule has 1 aliphatic heterocycles. The SMILES string of the molecule is Cc1ccc(C(=O)N2[C@H](C)CCC[C@@H]2C)c(N)c1. The molecule has 0 bridgehead atoms. The van der Waals surface area contributed by atoms with E-state index in [1.165, 1.54) is 6.42 Å². The number of carbonyl (C=O) groups is 1. The number of piperidine rings is 1. The van der Waals surface area contributed by atoms with Gasteiger partial charge in [-0.05, 0) is 57.7 Å². The van der Waals surface area contributed by atoms with Crippen molar-refractivity contribution in [3.63, 3.8) is 0 Å². The number of hydrogen-bond acceptors (Lipinski definition) is 2. The summed E-state index contributed by atoms with van der Waals surface area (Å²) >= 11 is 0. The van der Waals surface area contributed by atoms with E-state index in [-0.39, 0.29) is 5.91 Å². The van der Waals surface area contributed by atoms with Crippen LogP contribution in [0, 0.1) is 6.92 Å². The van der Waals surface area contributed by atoms with Gasteiger partial charge in [0.2, 0.25) is 0 Å². The molecule has 18 heavy (non-hydrogen) atoms. The van der Waals surface area contributed by atoms with Crippen molar-refractivity contribution in [2.45, 2.75) is 52.1 Å². The maximum absolute atomic E-state index is 12.6. The van der Waals surface area contributed by atoms with Crippen LogP contribution in [0.2, 0.25) is 0 Å². The van der Waals surface area contributed by atoms with E-state index in [2.05, 4.69) is 13.8 Å². The second kappa shape index (κ2) is 5.01. The number of carbonyl (C=O) groups excluding carboxylic acids is 1. The zero-order chi connectivity index (χ0) is 13.3. The number of anilines is 1. The number of nitrogens with two attached hydrogens (primary N) is 1. The molecular formula is C15H22N2O. The maximum atomic E-state index is 12.6. The highest BCUT2D eigenvalue weighted by Gasteiger charge is 2.30. The molecule has 2 rings (SSSR count). The number of hydrogen-bond donors (Lipinski definition) is 1. The lowest BCUT2D eigenvalue weighted by atomic mass is 9.96. The van der Waals surface area contributed by atoms with Crippen LogP contribution in [0.5, 0.6) is 0 Å². The van der Waals surface area contributed by atoms with Gasteiger partial charge in [0.15, 0.2) is 0 Å². The average molecular weight is 246 g/mol. The van der Waals surface area contributed by atoms with Crippen LogP contribution in [-0.4, -0.2) is 22.9 Å². The second-order valence-corrected chi connectivity index (χ2v) is 5.43. The van der Waals surface area contributed by atoms with Crippen molar-refractivity contribution in [3.05, 3.63) is 29.3 Å². The van der Waals surface area contributed by atoms with Gasteiger partial charge in [-0.3, -0.25) is 4.79 Å². The van der Waals surface area contributed by atoms with E-state index >= 15 is 0 Å². The number of rotatable bonds is 1. The Morgan fingerprint density at radius 3 is 2.44 bits per heavy atom. The lowest BCUT2D eigenvalue weighted by Crippen LogP contribution is -2.47. The van der Waals surface area contributed by atoms with Crippen LogP contribution in [0.25, 0.3) is 0 Å². The summed E-state index contributed by atoms with van der Waals surface area (Å²) in [5.41, 5.74) is 8.29. The molecule has 1 aromatic rings. The first kappa shape index (κ1) is 12.9. The minimum absolute atomic E-state index is 0.0761. The molecule has 0 unspecified atom stereocenters. The lowest BCUT2D eigenvalue weighted by molar-refractivity contribution is 0.0512. The molecule has 1 heterocycles. The van der Waals surface area contributed by atoms with Gasteiger partial charge in [0.25, 0.3) is 5.91 Å². The number of aryl methyl sites for hydroxylation is 1. The third-order valence-corrected chi connectivity index (χ3v) is 3.87. The summed E-state index contributed by atoms with van der Waals surface area (Å²) < 4.78 is 0. The molecule has 0 saturated carbocycles. The molecule has 3 heteroatoms. The van der Waals surface area contributed by atoms with Crippen molar-refractivity contribution in [3.8, 4) is 0 Å². The summed E-state index contributed by atoms with van der Waals surface area (Å²) in [6.45, 7) is 6.23. The van der Waals surface area contributed by atoms with Gasteiger partial charge in [0.1, 0.15) is 0 Å². The molecular weight excluding hydrogens is 224 g/mol. The Labute approximate surface area is 109 Å². The summed E-state index contributed by atoms with van der Waals surface area (Å²) in [6, 6.07) is 6.28. The van der Waals surface area contributed by atoms with Crippen molar-refractivity contribution < 1.29 is 4.79 Å². The Morgan fingerprint density at radius 2 is 1.89 bits per heavy atom. The van der Waals surface area contributed by atoms with E-state index in [4.69, 9.17) is 5.73 Å². The molecule has 2 atom stereocenters. The first-order valence-corrected chi connectivity index (χ1v) is 6.69. The van der Waals surface area contributed by atoms with Crippen LogP contribution in [-0.2, 0) is 0 Å². The molecule has 0 spiro atoms. The fraction of sp³-hybridized carbons (Fsp3) is 0.533. The number of amides is 1. The highest BCUT2D eigenvalue weighted by atomic mass is 16.2. The Hall–Kier alpha value is -1.51. The molecule has 1 fully saturated rings. The quantitative estimate of drug-likeness (QED) is 0.774. The van der Waals surface area contributed by atoms with Gasteiger partial charge in [-0.25, -0.2) is 0 Å². The molecule has 3 nitrogen and oxygen atoms in total. The second-order valence-electron chi connectivity index (χ2n) is 5.43. The summed E-state index contributed by atoms with van der Waals surface area (Å²) in [5, 5.41) is 0. The first-order chi connectivity index (χ1) is 8.50. The molecule has 98 valence electrons. The van der Waals surface area contributed by atoms with Crippen molar-refractivity contribution >= 4 is 11.6 Å². The van der Waals surface area contributed by atoms with Crippen molar-refractivity contribution in [2.24, 2.45) is 0 Å². The molecule has 1 saturated heterocycles. The predicted molar refractivity (Wildman–Crippen MR) is 74.5 cm³/mol. The van der Waals surface area contributed by atoms with Gasteiger partial charge in [-0.1, -0.05) is 6.07 Å². The maximum Gasteiger partial charge on any atom is 0.256 e. The molecule has 1 aromatic carbocycles. The van der Waals surface area contributed by atoms with Gasteiger partial charge < -0.3 is 10.6 Å². The highest BCUT2D eigenvalue weighted by Crippen LogP contribution is 2.26. The van der Waals surface area contributed by atoms with Gasteiger partial charge in [-0.2, -0.15) is 0 Å². The molecule has 0 aliphatic carbocycles. The smallest absolute Gasteiger partial charge is 0.256 e. The Kier molecular flexibility index (Phi) is 3.60. The summed E-state index contributed by atoms with van der Waals surface area (Å²) in [5.74, 6) is 0.0761. The van der Waals surface area contributed by atoms with Crippen molar-refractivity contribution in [1.29, 1.82) is 0 Å². The lowest BCUT2D eigenvalue weighted by Gasteiger charge is -2.39. The van der Waals surface area contributed by atoms with Crippen LogP contribution in [0.1, 0.15) is 49.0 Å². The Bertz CT molecular complexity index is 446. The first-order valence-electron chi connectivity index (χ1n) is 6.69. The van der Waals surface area contributed by atoms with Gasteiger partial charge in [0.05, 0.1) is 5.56 Å². The monoisotopic (exact) mass is 246 g/mol. The van der Waals surface area contributed by atoms with Gasteiger partial charge in [-0.15, -0.1) is 0 Å². The van der Waals surface area contributed by atoms with Crippen molar-refractivity contribution in [2.75, 3.05) is 5.73 Å². The number of nitrogens with zero attached hydrogens (tertiary/aromatic N) is 1. The van der Waals surface area contributed by atoms with Crippen molar-refractivity contribution in [1.82, 2.24) is 4.90 Å². The van der Waals surface area contributed by atoms with E-state index < -0.39 is 0 Å². The predicted octanol–water partition coefficient (Wildman–Crippen LogP) is 2.98.